The summed E-state index contributed by atoms with van der Waals surface area (Å²) in [5.41, 5.74) is 1.83. The van der Waals surface area contributed by atoms with Crippen LogP contribution < -0.4 is 20.5 Å². The Morgan fingerprint density at radius 2 is 1.87 bits per heavy atom. The van der Waals surface area contributed by atoms with Gasteiger partial charge in [0, 0.05) is 26.3 Å². The van der Waals surface area contributed by atoms with Gasteiger partial charge in [-0.05, 0) is 48.7 Å². The molecule has 9 heteroatoms. The van der Waals surface area contributed by atoms with E-state index in [1.54, 1.807) is 13.2 Å². The van der Waals surface area contributed by atoms with Gasteiger partial charge in [0.05, 0.1) is 18.6 Å². The van der Waals surface area contributed by atoms with E-state index in [2.05, 4.69) is 15.6 Å². The normalized spacial score (nSPS) is 11.9. The molecule has 0 bridgehead atoms. The first kappa shape index (κ1) is 23.7. The molecular formula is C21H30N4O4S. The molecule has 164 valence electrons. The number of aliphatic imine (C=N–C) groups is 1. The second-order valence-electron chi connectivity index (χ2n) is 6.54. The first-order valence-electron chi connectivity index (χ1n) is 9.77. The van der Waals surface area contributed by atoms with Crippen LogP contribution in [0.4, 0.5) is 0 Å². The number of rotatable bonds is 11. The minimum Gasteiger partial charge on any atom is -0.497 e. The molecule has 4 N–H and O–H groups in total. The molecule has 0 aliphatic carbocycles. The third kappa shape index (κ3) is 8.40. The van der Waals surface area contributed by atoms with Crippen molar-refractivity contribution in [3.63, 3.8) is 0 Å². The number of hydrogen-bond donors (Lipinski definition) is 3. The second-order valence-corrected chi connectivity index (χ2v) is 8.10. The van der Waals surface area contributed by atoms with E-state index in [1.807, 2.05) is 37.3 Å². The summed E-state index contributed by atoms with van der Waals surface area (Å²) in [6, 6.07) is 14.2. The molecule has 2 aromatic carbocycles. The fraction of sp³-hybridized carbons (Fsp3) is 0.381. The molecule has 0 saturated heterocycles. The smallest absolute Gasteiger partial charge is 0.238 e. The van der Waals surface area contributed by atoms with Gasteiger partial charge in [-0.1, -0.05) is 24.3 Å². The maximum absolute atomic E-state index is 11.6. The minimum atomic E-state index is -3.74. The van der Waals surface area contributed by atoms with E-state index in [1.165, 1.54) is 12.1 Å². The van der Waals surface area contributed by atoms with Gasteiger partial charge in [0.25, 0.3) is 0 Å². The fourth-order valence-electron chi connectivity index (χ4n) is 2.62. The Balaban J connectivity index is 2.03. The Morgan fingerprint density at radius 1 is 1.10 bits per heavy atom. The van der Waals surface area contributed by atoms with Gasteiger partial charge < -0.3 is 20.1 Å². The summed E-state index contributed by atoms with van der Waals surface area (Å²) in [5, 5.41) is 11.8. The van der Waals surface area contributed by atoms with Crippen molar-refractivity contribution in [1.29, 1.82) is 0 Å². The fourth-order valence-corrected chi connectivity index (χ4v) is 3.20. The van der Waals surface area contributed by atoms with Crippen molar-refractivity contribution in [3.8, 4) is 5.75 Å². The molecule has 0 atom stereocenters. The number of methoxy groups -OCH3 is 1. The third-order valence-electron chi connectivity index (χ3n) is 4.23. The highest BCUT2D eigenvalue weighted by molar-refractivity contribution is 7.89. The van der Waals surface area contributed by atoms with E-state index in [0.717, 1.165) is 23.3 Å². The van der Waals surface area contributed by atoms with Crippen LogP contribution in [0.25, 0.3) is 0 Å². The molecule has 0 fully saturated rings. The first-order chi connectivity index (χ1) is 14.4. The van der Waals surface area contributed by atoms with Crippen molar-refractivity contribution < 1.29 is 17.9 Å². The summed E-state index contributed by atoms with van der Waals surface area (Å²) in [7, 11) is -2.11. The van der Waals surface area contributed by atoms with E-state index in [-0.39, 0.29) is 4.90 Å². The van der Waals surface area contributed by atoms with E-state index in [0.29, 0.717) is 38.8 Å². The summed E-state index contributed by atoms with van der Waals surface area (Å²) < 4.78 is 33.6. The molecule has 0 amide bonds. The number of sulfonamides is 1. The Bertz CT molecular complexity index is 915. The van der Waals surface area contributed by atoms with Gasteiger partial charge in [-0.3, -0.25) is 0 Å². The molecule has 8 nitrogen and oxygen atoms in total. The molecule has 0 heterocycles. The van der Waals surface area contributed by atoms with Crippen LogP contribution in [-0.2, 0) is 27.8 Å². The molecule has 0 saturated carbocycles. The lowest BCUT2D eigenvalue weighted by Gasteiger charge is -2.13. The zero-order valence-corrected chi connectivity index (χ0v) is 18.2. The monoisotopic (exact) mass is 434 g/mol. The molecule has 0 aromatic heterocycles. The number of nitrogens with zero attached hydrogens (tertiary/aromatic N) is 1. The quantitative estimate of drug-likeness (QED) is 0.283. The lowest BCUT2D eigenvalue weighted by atomic mass is 10.2. The van der Waals surface area contributed by atoms with Gasteiger partial charge in [-0.15, -0.1) is 0 Å². The predicted octanol–water partition coefficient (Wildman–Crippen LogP) is 2.00. The van der Waals surface area contributed by atoms with Crippen molar-refractivity contribution in [1.82, 2.24) is 10.6 Å². The third-order valence-corrected chi connectivity index (χ3v) is 5.14. The first-order valence-corrected chi connectivity index (χ1v) is 11.3. The van der Waals surface area contributed by atoms with Crippen LogP contribution in [0.5, 0.6) is 5.75 Å². The number of nitrogens with one attached hydrogen (secondary N) is 2. The molecule has 0 spiro atoms. The van der Waals surface area contributed by atoms with Crippen molar-refractivity contribution in [2.24, 2.45) is 10.1 Å². The molecule has 2 aromatic rings. The molecule has 0 unspecified atom stereocenters. The number of ether oxygens (including phenoxy) is 2. The van der Waals surface area contributed by atoms with Gasteiger partial charge in [0.1, 0.15) is 5.75 Å². The number of guanidine groups is 1. The Morgan fingerprint density at radius 3 is 2.53 bits per heavy atom. The lowest BCUT2D eigenvalue weighted by Crippen LogP contribution is -2.37. The lowest BCUT2D eigenvalue weighted by molar-refractivity contribution is 0.145. The number of primary sulfonamides is 1. The van der Waals surface area contributed by atoms with Crippen LogP contribution in [0.2, 0.25) is 0 Å². The summed E-state index contributed by atoms with van der Waals surface area (Å²) in [6.45, 7) is 4.92. The van der Waals surface area contributed by atoms with E-state index in [9.17, 15) is 8.42 Å². The average molecular weight is 435 g/mol. The van der Waals surface area contributed by atoms with Crippen LogP contribution >= 0.6 is 0 Å². The van der Waals surface area contributed by atoms with Crippen molar-refractivity contribution >= 4 is 16.0 Å². The molecule has 0 aliphatic heterocycles. The highest BCUT2D eigenvalue weighted by atomic mass is 32.2. The predicted molar refractivity (Wildman–Crippen MR) is 118 cm³/mol. The zero-order valence-electron chi connectivity index (χ0n) is 17.4. The second kappa shape index (κ2) is 12.2. The van der Waals surface area contributed by atoms with Crippen LogP contribution in [0.15, 0.2) is 58.4 Å². The molecular weight excluding hydrogens is 404 g/mol. The highest BCUT2D eigenvalue weighted by Gasteiger charge is 2.08. The minimum absolute atomic E-state index is 0.0765. The Kier molecular flexibility index (Phi) is 9.59. The van der Waals surface area contributed by atoms with Crippen molar-refractivity contribution in [3.05, 3.63) is 59.7 Å². The van der Waals surface area contributed by atoms with Crippen LogP contribution in [-0.4, -0.2) is 41.2 Å². The molecule has 2 rings (SSSR count). The van der Waals surface area contributed by atoms with Gasteiger partial charge in [0.2, 0.25) is 10.0 Å². The highest BCUT2D eigenvalue weighted by Crippen LogP contribution is 2.12. The number of nitrogens with two attached hydrogens (primary N) is 1. The topological polar surface area (TPSA) is 115 Å². The van der Waals surface area contributed by atoms with Crippen LogP contribution in [0, 0.1) is 0 Å². The Labute approximate surface area is 178 Å². The molecule has 30 heavy (non-hydrogen) atoms. The van der Waals surface area contributed by atoms with E-state index < -0.39 is 10.0 Å². The van der Waals surface area contributed by atoms with Gasteiger partial charge >= 0.3 is 0 Å². The maximum atomic E-state index is 11.6. The van der Waals surface area contributed by atoms with Crippen LogP contribution in [0.1, 0.15) is 24.5 Å². The summed E-state index contributed by atoms with van der Waals surface area (Å²) in [5.74, 6) is 1.43. The summed E-state index contributed by atoms with van der Waals surface area (Å²) in [4.78, 5) is 4.65. The Hall–Kier alpha value is -2.62. The average Bonchev–Trinajstić information content (AvgIpc) is 2.75. The molecule has 0 radical (unpaired) electrons. The maximum Gasteiger partial charge on any atom is 0.238 e. The van der Waals surface area contributed by atoms with Crippen molar-refractivity contribution in [2.75, 3.05) is 26.9 Å². The summed E-state index contributed by atoms with van der Waals surface area (Å²) >= 11 is 0. The summed E-state index contributed by atoms with van der Waals surface area (Å²) in [6.07, 6.45) is 0.845. The molecule has 0 aliphatic rings. The number of hydrogen-bond acceptors (Lipinski definition) is 5. The van der Waals surface area contributed by atoms with E-state index in [4.69, 9.17) is 14.6 Å². The SMILES string of the molecule is CCOCCCNC(=NCc1cccc(S(N)(=O)=O)c1)NCc1ccc(OC)cc1. The largest absolute Gasteiger partial charge is 0.497 e. The number of benzene rings is 2. The van der Waals surface area contributed by atoms with Crippen molar-refractivity contribution in [2.45, 2.75) is 31.3 Å². The van der Waals surface area contributed by atoms with Crippen LogP contribution in [0.3, 0.4) is 0 Å². The zero-order chi connectivity index (χ0) is 21.8. The van der Waals surface area contributed by atoms with Gasteiger partial charge in [0.15, 0.2) is 5.96 Å². The standard InChI is InChI=1S/C21H30N4O4S/c1-3-29-13-5-12-23-21(24-15-17-8-10-19(28-2)11-9-17)25-16-18-6-4-7-20(14-18)30(22,26)27/h4,6-11,14H,3,5,12-13,15-16H2,1-2H3,(H2,22,26,27)(H2,23,24,25). The van der Waals surface area contributed by atoms with Gasteiger partial charge in [-0.25, -0.2) is 18.5 Å². The van der Waals surface area contributed by atoms with Gasteiger partial charge in [-0.2, -0.15) is 0 Å². The van der Waals surface area contributed by atoms with E-state index >= 15 is 0 Å².